The minimum atomic E-state index is -0.111. The molecule has 1 saturated heterocycles. The van der Waals surface area contributed by atoms with E-state index in [2.05, 4.69) is 27.7 Å². The van der Waals surface area contributed by atoms with Crippen LogP contribution >= 0.6 is 11.3 Å². The first kappa shape index (κ1) is 14.3. The maximum absolute atomic E-state index is 12.5. The van der Waals surface area contributed by atoms with Gasteiger partial charge in [0, 0.05) is 16.6 Å². The highest BCUT2D eigenvalue weighted by molar-refractivity contribution is 7.10. The maximum atomic E-state index is 12.5. The Balaban J connectivity index is 1.69. The number of likely N-dealkylation sites (tertiary alicyclic amines) is 1. The van der Waals surface area contributed by atoms with Crippen LogP contribution in [-0.4, -0.2) is 23.4 Å². The molecule has 2 heterocycles. The van der Waals surface area contributed by atoms with Gasteiger partial charge in [0.25, 0.3) is 0 Å². The molecule has 1 aromatic carbocycles. The number of nitrogens with zero attached hydrogens (tertiary/aromatic N) is 1. The van der Waals surface area contributed by atoms with Crippen molar-refractivity contribution in [3.05, 3.63) is 52.7 Å². The summed E-state index contributed by atoms with van der Waals surface area (Å²) >= 11 is 1.78. The molecule has 4 heteroatoms. The van der Waals surface area contributed by atoms with Gasteiger partial charge in [-0.15, -0.1) is 11.3 Å². The molecule has 3 rings (SSSR count). The van der Waals surface area contributed by atoms with Crippen LogP contribution in [0.1, 0.15) is 30.7 Å². The number of rotatable bonds is 4. The average molecular weight is 300 g/mol. The molecule has 1 aliphatic heterocycles. The van der Waals surface area contributed by atoms with E-state index in [0.29, 0.717) is 6.04 Å². The molecule has 2 atom stereocenters. The summed E-state index contributed by atoms with van der Waals surface area (Å²) in [5, 5.41) is 5.12. The average Bonchev–Trinajstić information content (AvgIpc) is 3.18. The molecule has 21 heavy (non-hydrogen) atoms. The van der Waals surface area contributed by atoms with Crippen LogP contribution in [-0.2, 0) is 4.79 Å². The molecule has 0 unspecified atom stereocenters. The van der Waals surface area contributed by atoms with Crippen LogP contribution in [0.25, 0.3) is 0 Å². The third-order valence-electron chi connectivity index (χ3n) is 4.08. The van der Waals surface area contributed by atoms with E-state index >= 15 is 0 Å². The number of para-hydroxylation sites is 1. The van der Waals surface area contributed by atoms with E-state index < -0.39 is 0 Å². The monoisotopic (exact) mass is 300 g/mol. The van der Waals surface area contributed by atoms with Crippen molar-refractivity contribution < 1.29 is 4.79 Å². The molecule has 1 aliphatic rings. The van der Waals surface area contributed by atoms with Crippen molar-refractivity contribution >= 4 is 22.9 Å². The van der Waals surface area contributed by atoms with Crippen molar-refractivity contribution in [2.45, 2.75) is 31.8 Å². The highest BCUT2D eigenvalue weighted by atomic mass is 32.1. The summed E-state index contributed by atoms with van der Waals surface area (Å²) in [7, 11) is 0. The zero-order valence-electron chi connectivity index (χ0n) is 12.2. The van der Waals surface area contributed by atoms with E-state index in [0.717, 1.165) is 25.1 Å². The number of carbonyl (C=O) groups excluding carboxylic acids is 1. The number of thiophene rings is 1. The normalized spacial score (nSPS) is 20.3. The molecule has 1 N–H and O–H groups in total. The van der Waals surface area contributed by atoms with Gasteiger partial charge in [-0.05, 0) is 49.9 Å². The van der Waals surface area contributed by atoms with E-state index in [9.17, 15) is 4.79 Å². The fourth-order valence-electron chi connectivity index (χ4n) is 2.96. The Kier molecular flexibility index (Phi) is 4.36. The van der Waals surface area contributed by atoms with Gasteiger partial charge in [-0.1, -0.05) is 24.3 Å². The molecule has 0 spiro atoms. The number of benzene rings is 1. The van der Waals surface area contributed by atoms with Crippen LogP contribution in [0.2, 0.25) is 0 Å². The Hall–Kier alpha value is -1.65. The third kappa shape index (κ3) is 3.17. The SMILES string of the molecule is C[C@H](C(=O)Nc1ccccc1)N1CCC[C@H]1c1cccs1. The van der Waals surface area contributed by atoms with Crippen molar-refractivity contribution in [2.24, 2.45) is 0 Å². The molecule has 2 aromatic rings. The summed E-state index contributed by atoms with van der Waals surface area (Å²) in [5.41, 5.74) is 0.862. The van der Waals surface area contributed by atoms with Crippen molar-refractivity contribution in [1.82, 2.24) is 4.90 Å². The van der Waals surface area contributed by atoms with Crippen LogP contribution in [0.3, 0.4) is 0 Å². The van der Waals surface area contributed by atoms with Gasteiger partial charge in [0.1, 0.15) is 0 Å². The lowest BCUT2D eigenvalue weighted by atomic mass is 10.1. The lowest BCUT2D eigenvalue weighted by Crippen LogP contribution is -2.41. The standard InChI is InChI=1S/C17H20N2OS/c1-13(17(20)18-14-7-3-2-4-8-14)19-11-5-9-15(19)16-10-6-12-21-16/h2-4,6-8,10,12-13,15H,5,9,11H2,1H3,(H,18,20)/t13-,15+/m1/s1. The lowest BCUT2D eigenvalue weighted by Gasteiger charge is -2.29. The smallest absolute Gasteiger partial charge is 0.241 e. The van der Waals surface area contributed by atoms with E-state index in [1.807, 2.05) is 37.3 Å². The van der Waals surface area contributed by atoms with Gasteiger partial charge in [0.15, 0.2) is 0 Å². The molecule has 3 nitrogen and oxygen atoms in total. The summed E-state index contributed by atoms with van der Waals surface area (Å²) in [6.07, 6.45) is 2.30. The maximum Gasteiger partial charge on any atom is 0.241 e. The Morgan fingerprint density at radius 1 is 1.29 bits per heavy atom. The topological polar surface area (TPSA) is 32.3 Å². The van der Waals surface area contributed by atoms with E-state index in [1.54, 1.807) is 11.3 Å². The van der Waals surface area contributed by atoms with Crippen LogP contribution in [0, 0.1) is 0 Å². The highest BCUT2D eigenvalue weighted by Gasteiger charge is 2.33. The quantitative estimate of drug-likeness (QED) is 0.928. The van der Waals surface area contributed by atoms with Gasteiger partial charge in [-0.25, -0.2) is 0 Å². The predicted octanol–water partition coefficient (Wildman–Crippen LogP) is 3.91. The zero-order chi connectivity index (χ0) is 14.7. The van der Waals surface area contributed by atoms with Gasteiger partial charge >= 0.3 is 0 Å². The second-order valence-electron chi connectivity index (χ2n) is 5.44. The largest absolute Gasteiger partial charge is 0.325 e. The van der Waals surface area contributed by atoms with Gasteiger partial charge in [-0.3, -0.25) is 9.69 Å². The number of hydrogen-bond acceptors (Lipinski definition) is 3. The zero-order valence-corrected chi connectivity index (χ0v) is 13.0. The number of hydrogen-bond donors (Lipinski definition) is 1. The van der Waals surface area contributed by atoms with Gasteiger partial charge in [-0.2, -0.15) is 0 Å². The Morgan fingerprint density at radius 2 is 2.10 bits per heavy atom. The summed E-state index contributed by atoms with van der Waals surface area (Å²) in [6.45, 7) is 3.00. The summed E-state index contributed by atoms with van der Waals surface area (Å²) < 4.78 is 0. The van der Waals surface area contributed by atoms with Crippen LogP contribution in [0.5, 0.6) is 0 Å². The van der Waals surface area contributed by atoms with Crippen molar-refractivity contribution in [1.29, 1.82) is 0 Å². The highest BCUT2D eigenvalue weighted by Crippen LogP contribution is 2.35. The van der Waals surface area contributed by atoms with Gasteiger partial charge in [0.05, 0.1) is 6.04 Å². The molecule has 1 amide bonds. The molecule has 0 bridgehead atoms. The number of amides is 1. The lowest BCUT2D eigenvalue weighted by molar-refractivity contribution is -0.121. The van der Waals surface area contributed by atoms with Gasteiger partial charge < -0.3 is 5.32 Å². The van der Waals surface area contributed by atoms with E-state index in [1.165, 1.54) is 4.88 Å². The first-order valence-corrected chi connectivity index (χ1v) is 8.29. The van der Waals surface area contributed by atoms with E-state index in [4.69, 9.17) is 0 Å². The van der Waals surface area contributed by atoms with Crippen LogP contribution in [0.15, 0.2) is 47.8 Å². The predicted molar refractivity (Wildman–Crippen MR) is 87.5 cm³/mol. The third-order valence-corrected chi connectivity index (χ3v) is 5.06. The van der Waals surface area contributed by atoms with Crippen LogP contribution < -0.4 is 5.32 Å². The fourth-order valence-corrected chi connectivity index (χ4v) is 3.84. The summed E-state index contributed by atoms with van der Waals surface area (Å²) in [4.78, 5) is 16.2. The first-order chi connectivity index (χ1) is 10.3. The molecule has 0 radical (unpaired) electrons. The Bertz CT molecular complexity index is 582. The minimum Gasteiger partial charge on any atom is -0.325 e. The molecule has 0 aliphatic carbocycles. The van der Waals surface area contributed by atoms with Crippen molar-refractivity contribution in [3.63, 3.8) is 0 Å². The number of carbonyl (C=O) groups is 1. The molecule has 0 saturated carbocycles. The Morgan fingerprint density at radius 3 is 2.81 bits per heavy atom. The molecule has 110 valence electrons. The minimum absolute atomic E-state index is 0.0738. The summed E-state index contributed by atoms with van der Waals surface area (Å²) in [6, 6.07) is 14.2. The number of nitrogens with one attached hydrogen (secondary N) is 1. The molecule has 1 fully saturated rings. The van der Waals surface area contributed by atoms with Crippen molar-refractivity contribution in [2.75, 3.05) is 11.9 Å². The second kappa shape index (κ2) is 6.41. The second-order valence-corrected chi connectivity index (χ2v) is 6.42. The van der Waals surface area contributed by atoms with Gasteiger partial charge in [0.2, 0.25) is 5.91 Å². The van der Waals surface area contributed by atoms with Crippen LogP contribution in [0.4, 0.5) is 5.69 Å². The Labute approximate surface area is 129 Å². The molecular formula is C17H20N2OS. The van der Waals surface area contributed by atoms with E-state index in [-0.39, 0.29) is 11.9 Å². The molecule has 1 aromatic heterocycles. The number of anilines is 1. The summed E-state index contributed by atoms with van der Waals surface area (Å²) in [5.74, 6) is 0.0738. The fraction of sp³-hybridized carbons (Fsp3) is 0.353. The molecular weight excluding hydrogens is 280 g/mol. The van der Waals surface area contributed by atoms with Crippen molar-refractivity contribution in [3.8, 4) is 0 Å². The first-order valence-electron chi connectivity index (χ1n) is 7.41.